The van der Waals surface area contributed by atoms with Crippen molar-refractivity contribution < 1.29 is 4.74 Å². The highest BCUT2D eigenvalue weighted by Gasteiger charge is 2.23. The van der Waals surface area contributed by atoms with Crippen LogP contribution in [-0.2, 0) is 4.74 Å². The maximum Gasteiger partial charge on any atom is 0.0593 e. The van der Waals surface area contributed by atoms with Crippen LogP contribution in [0.15, 0.2) is 0 Å². The second kappa shape index (κ2) is 9.76. The summed E-state index contributed by atoms with van der Waals surface area (Å²) in [5.41, 5.74) is 5.98. The lowest BCUT2D eigenvalue weighted by Gasteiger charge is -2.36. The van der Waals surface area contributed by atoms with Gasteiger partial charge < -0.3 is 10.5 Å². The Labute approximate surface area is 113 Å². The van der Waals surface area contributed by atoms with Crippen LogP contribution >= 0.6 is 0 Å². The zero-order valence-corrected chi connectivity index (χ0v) is 12.4. The number of rotatable bonds is 9. The predicted octanol–water partition coefficient (Wildman–Crippen LogP) is 2.79. The smallest absolute Gasteiger partial charge is 0.0593 e. The summed E-state index contributed by atoms with van der Waals surface area (Å²) in [6.45, 7) is 8.58. The maximum absolute atomic E-state index is 5.98. The number of ether oxygens (including phenoxy) is 1. The van der Waals surface area contributed by atoms with E-state index in [0.717, 1.165) is 25.8 Å². The fraction of sp³-hybridized carbons (Fsp3) is 1.00. The molecular weight excluding hydrogens is 224 g/mol. The minimum atomic E-state index is 0.450. The van der Waals surface area contributed by atoms with Gasteiger partial charge in [-0.1, -0.05) is 20.3 Å². The van der Waals surface area contributed by atoms with Crippen LogP contribution in [0.25, 0.3) is 0 Å². The summed E-state index contributed by atoms with van der Waals surface area (Å²) in [4.78, 5) is 2.62. The summed E-state index contributed by atoms with van der Waals surface area (Å²) in [7, 11) is 0. The van der Waals surface area contributed by atoms with Crippen LogP contribution in [0, 0.1) is 0 Å². The average molecular weight is 256 g/mol. The fourth-order valence-corrected chi connectivity index (χ4v) is 2.76. The quantitative estimate of drug-likeness (QED) is 0.645. The molecule has 0 spiro atoms. The standard InChI is InChI=1S/C15H32N2O/c1-3-5-12-18-13-11-17(10-4-2)15-8-6-14(16)7-9-15/h14-15H,3-13,16H2,1-2H3. The number of hydrogen-bond acceptors (Lipinski definition) is 3. The lowest BCUT2D eigenvalue weighted by atomic mass is 9.90. The van der Waals surface area contributed by atoms with Crippen LogP contribution in [0.1, 0.15) is 58.8 Å². The van der Waals surface area contributed by atoms with Crippen molar-refractivity contribution in [3.05, 3.63) is 0 Å². The third-order valence-corrected chi connectivity index (χ3v) is 3.93. The highest BCUT2D eigenvalue weighted by Crippen LogP contribution is 2.22. The van der Waals surface area contributed by atoms with Gasteiger partial charge in [-0.05, 0) is 45.1 Å². The lowest BCUT2D eigenvalue weighted by molar-refractivity contribution is 0.0732. The second-order valence-electron chi connectivity index (χ2n) is 5.57. The van der Waals surface area contributed by atoms with Crippen molar-refractivity contribution >= 4 is 0 Å². The van der Waals surface area contributed by atoms with Gasteiger partial charge in [-0.25, -0.2) is 0 Å². The highest BCUT2D eigenvalue weighted by molar-refractivity contribution is 4.81. The molecule has 0 aromatic carbocycles. The number of nitrogens with zero attached hydrogens (tertiary/aromatic N) is 1. The molecule has 0 amide bonds. The summed E-state index contributed by atoms with van der Waals surface area (Å²) in [5.74, 6) is 0. The van der Waals surface area contributed by atoms with Gasteiger partial charge in [0.2, 0.25) is 0 Å². The van der Waals surface area contributed by atoms with Gasteiger partial charge in [-0.2, -0.15) is 0 Å². The van der Waals surface area contributed by atoms with Crippen LogP contribution in [0.2, 0.25) is 0 Å². The summed E-state index contributed by atoms with van der Waals surface area (Å²) < 4.78 is 5.70. The molecule has 0 unspecified atom stereocenters. The molecule has 0 saturated heterocycles. The Balaban J connectivity index is 2.21. The first kappa shape index (κ1) is 15.9. The first-order chi connectivity index (χ1) is 8.77. The Kier molecular flexibility index (Phi) is 8.64. The molecule has 2 N–H and O–H groups in total. The van der Waals surface area contributed by atoms with Crippen molar-refractivity contribution in [3.63, 3.8) is 0 Å². The van der Waals surface area contributed by atoms with Gasteiger partial charge in [-0.15, -0.1) is 0 Å². The number of nitrogens with two attached hydrogens (primary N) is 1. The monoisotopic (exact) mass is 256 g/mol. The van der Waals surface area contributed by atoms with E-state index >= 15 is 0 Å². The number of hydrogen-bond donors (Lipinski definition) is 1. The Morgan fingerprint density at radius 2 is 1.72 bits per heavy atom. The summed E-state index contributed by atoms with van der Waals surface area (Å²) >= 11 is 0. The molecule has 1 aliphatic rings. The third-order valence-electron chi connectivity index (χ3n) is 3.93. The van der Waals surface area contributed by atoms with Gasteiger partial charge in [0.25, 0.3) is 0 Å². The molecule has 3 heteroatoms. The van der Waals surface area contributed by atoms with Crippen molar-refractivity contribution in [2.24, 2.45) is 5.73 Å². The highest BCUT2D eigenvalue weighted by atomic mass is 16.5. The van der Waals surface area contributed by atoms with Gasteiger partial charge in [0.15, 0.2) is 0 Å². The number of unbranched alkanes of at least 4 members (excludes halogenated alkanes) is 1. The Bertz CT molecular complexity index is 191. The van der Waals surface area contributed by atoms with E-state index in [2.05, 4.69) is 18.7 Å². The van der Waals surface area contributed by atoms with E-state index in [0.29, 0.717) is 6.04 Å². The molecule has 0 radical (unpaired) electrons. The molecule has 3 nitrogen and oxygen atoms in total. The molecule has 0 aromatic rings. The summed E-state index contributed by atoms with van der Waals surface area (Å²) in [5, 5.41) is 0. The van der Waals surface area contributed by atoms with E-state index < -0.39 is 0 Å². The molecule has 0 heterocycles. The van der Waals surface area contributed by atoms with Gasteiger partial charge in [0.05, 0.1) is 6.61 Å². The molecule has 0 atom stereocenters. The van der Waals surface area contributed by atoms with Gasteiger partial charge in [-0.3, -0.25) is 4.90 Å². The van der Waals surface area contributed by atoms with Crippen LogP contribution in [0.5, 0.6) is 0 Å². The summed E-state index contributed by atoms with van der Waals surface area (Å²) in [6, 6.07) is 1.20. The van der Waals surface area contributed by atoms with Crippen LogP contribution in [0.3, 0.4) is 0 Å². The van der Waals surface area contributed by atoms with E-state index in [-0.39, 0.29) is 0 Å². The van der Waals surface area contributed by atoms with E-state index in [9.17, 15) is 0 Å². The second-order valence-corrected chi connectivity index (χ2v) is 5.57. The van der Waals surface area contributed by atoms with E-state index in [1.165, 1.54) is 51.5 Å². The Hall–Kier alpha value is -0.120. The molecule has 1 aliphatic carbocycles. The van der Waals surface area contributed by atoms with Crippen molar-refractivity contribution in [3.8, 4) is 0 Å². The topological polar surface area (TPSA) is 38.5 Å². The van der Waals surface area contributed by atoms with Gasteiger partial charge in [0, 0.05) is 25.2 Å². The van der Waals surface area contributed by atoms with Crippen molar-refractivity contribution in [1.82, 2.24) is 4.90 Å². The Morgan fingerprint density at radius 3 is 2.33 bits per heavy atom. The molecule has 108 valence electrons. The van der Waals surface area contributed by atoms with Crippen LogP contribution in [-0.4, -0.2) is 43.3 Å². The maximum atomic E-state index is 5.98. The largest absolute Gasteiger partial charge is 0.380 e. The SMILES string of the molecule is CCCCOCCN(CCC)C1CCC(N)CC1. The molecule has 1 fully saturated rings. The zero-order valence-electron chi connectivity index (χ0n) is 12.4. The first-order valence-electron chi connectivity index (χ1n) is 7.85. The van der Waals surface area contributed by atoms with Gasteiger partial charge in [0.1, 0.15) is 0 Å². The first-order valence-corrected chi connectivity index (χ1v) is 7.85. The van der Waals surface area contributed by atoms with E-state index in [1.807, 2.05) is 0 Å². The van der Waals surface area contributed by atoms with Gasteiger partial charge >= 0.3 is 0 Å². The molecule has 0 aromatic heterocycles. The van der Waals surface area contributed by atoms with Crippen LogP contribution in [0.4, 0.5) is 0 Å². The Morgan fingerprint density at radius 1 is 1.00 bits per heavy atom. The fourth-order valence-electron chi connectivity index (χ4n) is 2.76. The molecule has 0 bridgehead atoms. The molecular formula is C15H32N2O. The normalized spacial score (nSPS) is 24.7. The predicted molar refractivity (Wildman–Crippen MR) is 77.8 cm³/mol. The van der Waals surface area contributed by atoms with E-state index in [4.69, 9.17) is 10.5 Å². The van der Waals surface area contributed by atoms with Crippen molar-refractivity contribution in [1.29, 1.82) is 0 Å². The molecule has 1 saturated carbocycles. The molecule has 1 rings (SSSR count). The van der Waals surface area contributed by atoms with Crippen LogP contribution < -0.4 is 5.73 Å². The average Bonchev–Trinajstić information content (AvgIpc) is 2.38. The summed E-state index contributed by atoms with van der Waals surface area (Å²) in [6.07, 6.45) is 8.58. The minimum Gasteiger partial charge on any atom is -0.380 e. The van der Waals surface area contributed by atoms with Crippen molar-refractivity contribution in [2.45, 2.75) is 70.9 Å². The van der Waals surface area contributed by atoms with E-state index in [1.54, 1.807) is 0 Å². The minimum absolute atomic E-state index is 0.450. The molecule has 0 aliphatic heterocycles. The van der Waals surface area contributed by atoms with Crippen molar-refractivity contribution in [2.75, 3.05) is 26.3 Å². The zero-order chi connectivity index (χ0) is 13.2. The molecule has 18 heavy (non-hydrogen) atoms. The third kappa shape index (κ3) is 6.17. The lowest BCUT2D eigenvalue weighted by Crippen LogP contribution is -2.42.